The summed E-state index contributed by atoms with van der Waals surface area (Å²) in [4.78, 5) is 6.11. The van der Waals surface area contributed by atoms with E-state index in [9.17, 15) is 0 Å². The summed E-state index contributed by atoms with van der Waals surface area (Å²) in [6, 6.07) is 23.0. The molecule has 0 fully saturated rings. The number of nitrogens with one attached hydrogen (secondary N) is 1. The van der Waals surface area contributed by atoms with Gasteiger partial charge in [0.1, 0.15) is 5.82 Å². The van der Waals surface area contributed by atoms with Gasteiger partial charge in [-0.3, -0.25) is 14.2 Å². The van der Waals surface area contributed by atoms with Crippen molar-refractivity contribution in [2.24, 2.45) is 0 Å². The zero-order chi connectivity index (χ0) is 21.9. The first-order valence-electron chi connectivity index (χ1n) is 10.2. The van der Waals surface area contributed by atoms with Gasteiger partial charge in [-0.25, -0.2) is 4.98 Å². The van der Waals surface area contributed by atoms with E-state index in [1.54, 1.807) is 23.1 Å². The van der Waals surface area contributed by atoms with Crippen LogP contribution >= 0.6 is 35.3 Å². The summed E-state index contributed by atoms with van der Waals surface area (Å²) in [7, 11) is 0. The number of benzene rings is 2. The van der Waals surface area contributed by atoms with Crippen molar-refractivity contribution in [2.45, 2.75) is 24.4 Å². The molecule has 8 heteroatoms. The van der Waals surface area contributed by atoms with Crippen molar-refractivity contribution in [1.82, 2.24) is 24.3 Å². The van der Waals surface area contributed by atoms with Gasteiger partial charge in [-0.15, -0.1) is 11.3 Å². The summed E-state index contributed by atoms with van der Waals surface area (Å²) in [5, 5.41) is 10.4. The van der Waals surface area contributed by atoms with Crippen LogP contribution in [0.3, 0.4) is 0 Å². The topological polar surface area (TPSA) is 51.4 Å². The third kappa shape index (κ3) is 4.48. The summed E-state index contributed by atoms with van der Waals surface area (Å²) in [6.07, 6.45) is 2.11. The van der Waals surface area contributed by atoms with Crippen molar-refractivity contribution in [2.75, 3.05) is 0 Å². The van der Waals surface area contributed by atoms with Crippen LogP contribution in [0.15, 0.2) is 83.5 Å². The molecule has 1 N–H and O–H groups in total. The summed E-state index contributed by atoms with van der Waals surface area (Å²) in [5.74, 6) is 1.56. The predicted molar refractivity (Wildman–Crippen MR) is 134 cm³/mol. The van der Waals surface area contributed by atoms with Gasteiger partial charge in [0.2, 0.25) is 0 Å². The molecule has 5 rings (SSSR count). The maximum atomic E-state index is 5.49. The van der Waals surface area contributed by atoms with E-state index in [1.807, 2.05) is 18.2 Å². The third-order valence-corrected chi connectivity index (χ3v) is 7.26. The highest BCUT2D eigenvalue weighted by Gasteiger charge is 2.15. The van der Waals surface area contributed by atoms with E-state index >= 15 is 0 Å². The van der Waals surface area contributed by atoms with Gasteiger partial charge in [0.15, 0.2) is 9.93 Å². The second-order valence-corrected chi connectivity index (χ2v) is 9.67. The molecule has 0 radical (unpaired) electrons. The Bertz CT molecular complexity index is 1360. The van der Waals surface area contributed by atoms with Gasteiger partial charge >= 0.3 is 0 Å². The maximum Gasteiger partial charge on any atom is 0.195 e. The average molecular weight is 476 g/mol. The van der Waals surface area contributed by atoms with Crippen LogP contribution in [-0.2, 0) is 12.3 Å². The molecular formula is C24H21N5S3. The van der Waals surface area contributed by atoms with Crippen LogP contribution in [0.2, 0.25) is 0 Å². The Balaban J connectivity index is 1.44. The van der Waals surface area contributed by atoms with Crippen molar-refractivity contribution in [1.29, 1.82) is 0 Å². The summed E-state index contributed by atoms with van der Waals surface area (Å²) in [5.41, 5.74) is 4.50. The van der Waals surface area contributed by atoms with Gasteiger partial charge < -0.3 is 0 Å². The van der Waals surface area contributed by atoms with E-state index in [1.165, 1.54) is 11.1 Å². The lowest BCUT2D eigenvalue weighted by molar-refractivity contribution is 0.745. The van der Waals surface area contributed by atoms with Gasteiger partial charge in [0.25, 0.3) is 0 Å². The van der Waals surface area contributed by atoms with Crippen molar-refractivity contribution in [3.63, 3.8) is 0 Å². The Morgan fingerprint density at radius 1 is 1.03 bits per heavy atom. The molecule has 0 aliphatic rings. The van der Waals surface area contributed by atoms with Crippen LogP contribution in [0, 0.1) is 11.7 Å². The van der Waals surface area contributed by atoms with E-state index < -0.39 is 0 Å². The Morgan fingerprint density at radius 3 is 2.59 bits per heavy atom. The fourth-order valence-electron chi connectivity index (χ4n) is 3.42. The molecule has 0 aliphatic carbocycles. The van der Waals surface area contributed by atoms with E-state index in [0.29, 0.717) is 17.1 Å². The first-order valence-corrected chi connectivity index (χ1v) is 12.5. The number of aromatic amines is 1. The van der Waals surface area contributed by atoms with Crippen LogP contribution < -0.4 is 0 Å². The zero-order valence-corrected chi connectivity index (χ0v) is 19.9. The van der Waals surface area contributed by atoms with Crippen LogP contribution in [0.1, 0.15) is 17.0 Å². The average Bonchev–Trinajstić information content (AvgIpc) is 3.55. The molecule has 2 aromatic carbocycles. The second kappa shape index (κ2) is 9.28. The van der Waals surface area contributed by atoms with Crippen LogP contribution in [0.25, 0.3) is 16.3 Å². The molecule has 5 nitrogen and oxygen atoms in total. The summed E-state index contributed by atoms with van der Waals surface area (Å²) >= 11 is 8.85. The molecule has 0 spiro atoms. The van der Waals surface area contributed by atoms with Crippen LogP contribution in [0.5, 0.6) is 0 Å². The number of thiophene rings is 1. The van der Waals surface area contributed by atoms with Gasteiger partial charge in [-0.05, 0) is 48.3 Å². The molecule has 3 aromatic heterocycles. The largest absolute Gasteiger partial charge is 0.299 e. The van der Waals surface area contributed by atoms with Crippen molar-refractivity contribution in [3.8, 4) is 16.3 Å². The van der Waals surface area contributed by atoms with Crippen molar-refractivity contribution < 1.29 is 0 Å². The Morgan fingerprint density at radius 2 is 1.84 bits per heavy atom. The van der Waals surface area contributed by atoms with Crippen molar-refractivity contribution in [3.05, 3.63) is 100 Å². The monoisotopic (exact) mass is 475 g/mol. The van der Waals surface area contributed by atoms with Gasteiger partial charge in [-0.2, -0.15) is 5.10 Å². The first-order chi connectivity index (χ1) is 15.7. The predicted octanol–water partition coefficient (Wildman–Crippen LogP) is 6.50. The molecule has 0 saturated heterocycles. The fourth-order valence-corrected chi connectivity index (χ4v) is 5.25. The molecule has 0 saturated carbocycles. The number of aryl methyl sites for hydroxylation is 1. The number of aromatic nitrogens is 5. The molecular weight excluding hydrogens is 455 g/mol. The van der Waals surface area contributed by atoms with E-state index in [0.717, 1.165) is 27.2 Å². The molecule has 5 aromatic rings. The summed E-state index contributed by atoms with van der Waals surface area (Å²) < 4.78 is 4.84. The van der Waals surface area contributed by atoms with Crippen LogP contribution in [0.4, 0.5) is 0 Å². The highest BCUT2D eigenvalue weighted by atomic mass is 32.2. The second-order valence-electron chi connectivity index (χ2n) is 7.40. The van der Waals surface area contributed by atoms with Gasteiger partial charge in [-0.1, -0.05) is 65.9 Å². The SMILES string of the molecule is Cc1ccc(-n2cc(-c3cccs3)nc2SCc2n[nH]c(=S)n2Cc2ccccc2)cc1. The maximum absolute atomic E-state index is 5.49. The lowest BCUT2D eigenvalue weighted by Gasteiger charge is -2.09. The lowest BCUT2D eigenvalue weighted by atomic mass is 10.2. The molecule has 0 amide bonds. The number of imidazole rings is 1. The first kappa shape index (κ1) is 20.9. The highest BCUT2D eigenvalue weighted by molar-refractivity contribution is 7.98. The third-order valence-electron chi connectivity index (χ3n) is 5.11. The van der Waals surface area contributed by atoms with Crippen LogP contribution in [-0.4, -0.2) is 24.3 Å². The highest BCUT2D eigenvalue weighted by Crippen LogP contribution is 2.31. The van der Waals surface area contributed by atoms with E-state index in [2.05, 4.69) is 86.4 Å². The minimum absolute atomic E-state index is 0.630. The smallest absolute Gasteiger partial charge is 0.195 e. The lowest BCUT2D eigenvalue weighted by Crippen LogP contribution is -2.05. The number of hydrogen-bond acceptors (Lipinski definition) is 5. The number of rotatable bonds is 7. The normalized spacial score (nSPS) is 11.2. The number of thioether (sulfide) groups is 1. The molecule has 0 unspecified atom stereocenters. The molecule has 0 bridgehead atoms. The molecule has 0 aliphatic heterocycles. The quantitative estimate of drug-likeness (QED) is 0.215. The minimum Gasteiger partial charge on any atom is -0.299 e. The molecule has 32 heavy (non-hydrogen) atoms. The Labute approximate surface area is 199 Å². The van der Waals surface area contributed by atoms with Crippen molar-refractivity contribution >= 4 is 35.3 Å². The van der Waals surface area contributed by atoms with E-state index in [4.69, 9.17) is 17.2 Å². The number of nitrogens with zero attached hydrogens (tertiary/aromatic N) is 4. The van der Waals surface area contributed by atoms with E-state index in [-0.39, 0.29) is 0 Å². The molecule has 0 atom stereocenters. The molecule has 3 heterocycles. The minimum atomic E-state index is 0.630. The summed E-state index contributed by atoms with van der Waals surface area (Å²) in [6.45, 7) is 2.79. The molecule has 160 valence electrons. The number of H-pyrrole nitrogens is 1. The Kier molecular flexibility index (Phi) is 6.07. The number of hydrogen-bond donors (Lipinski definition) is 1. The van der Waals surface area contributed by atoms with Gasteiger partial charge in [0.05, 0.1) is 22.9 Å². The fraction of sp³-hybridized carbons (Fsp3) is 0.125. The van der Waals surface area contributed by atoms with Gasteiger partial charge in [0, 0.05) is 11.9 Å². The zero-order valence-electron chi connectivity index (χ0n) is 17.4. The Hall–Kier alpha value is -2.94. The standard InChI is InChI=1S/C24H21N5S3/c1-17-9-11-19(12-10-17)28-15-20(21-8-5-13-31-21)25-24(28)32-16-22-26-27-23(30)29(22)14-18-6-3-2-4-7-18/h2-13,15H,14,16H2,1H3,(H,27,30).